The van der Waals surface area contributed by atoms with Crippen LogP contribution in [0.5, 0.6) is 11.5 Å². The molecular weight excluding hydrogens is 398 g/mol. The van der Waals surface area contributed by atoms with E-state index in [1.165, 1.54) is 0 Å². The number of pyridine rings is 1. The smallest absolute Gasteiger partial charge is 0.345 e. The van der Waals surface area contributed by atoms with Gasteiger partial charge in [-0.25, -0.2) is 14.8 Å². The second-order valence-corrected chi connectivity index (χ2v) is 7.30. The number of ether oxygens (including phenoxy) is 1. The normalized spacial score (nSPS) is 15.8. The van der Waals surface area contributed by atoms with Crippen LogP contribution in [0.3, 0.4) is 0 Å². The molecule has 2 aromatic heterocycles. The second-order valence-electron chi connectivity index (χ2n) is 7.30. The fraction of sp³-hybridized carbons (Fsp3) is 0.174. The van der Waals surface area contributed by atoms with Crippen LogP contribution in [-0.4, -0.2) is 41.0 Å². The highest BCUT2D eigenvalue weighted by atomic mass is 16.5. The number of aromatic hydroxyl groups is 1. The quantitative estimate of drug-likeness (QED) is 0.663. The average Bonchev–Trinajstić information content (AvgIpc) is 3.34. The molecule has 31 heavy (non-hydrogen) atoms. The fourth-order valence-electron chi connectivity index (χ4n) is 4.04. The first-order valence-electron chi connectivity index (χ1n) is 9.76. The molecule has 3 aromatic rings. The number of carboxylic acid groups (broad SMARTS) is 1. The van der Waals surface area contributed by atoms with Crippen molar-refractivity contribution in [1.29, 1.82) is 0 Å². The molecule has 1 aromatic carbocycles. The van der Waals surface area contributed by atoms with E-state index in [4.69, 9.17) is 9.15 Å². The van der Waals surface area contributed by atoms with Crippen molar-refractivity contribution in [2.45, 2.75) is 13.0 Å². The largest absolute Gasteiger partial charge is 0.504 e. The van der Waals surface area contributed by atoms with Crippen molar-refractivity contribution in [1.82, 2.24) is 4.98 Å². The SMILES string of the molecule is COc1cccc2c1CN(c1oc(C=C3C=Nc4ncccc43)c(O)c1C(=O)O)CC2. The molecule has 0 radical (unpaired) electrons. The van der Waals surface area contributed by atoms with Crippen LogP contribution >= 0.6 is 0 Å². The second kappa shape index (κ2) is 7.32. The van der Waals surface area contributed by atoms with Crippen LogP contribution in [0.2, 0.25) is 0 Å². The highest BCUT2D eigenvalue weighted by Crippen LogP contribution is 2.41. The van der Waals surface area contributed by atoms with Gasteiger partial charge in [0.1, 0.15) is 5.75 Å². The van der Waals surface area contributed by atoms with Crippen molar-refractivity contribution in [2.75, 3.05) is 18.6 Å². The lowest BCUT2D eigenvalue weighted by Crippen LogP contribution is -2.31. The average molecular weight is 417 g/mol. The van der Waals surface area contributed by atoms with E-state index < -0.39 is 11.7 Å². The number of aliphatic imine (C=N–C) groups is 1. The Labute approximate surface area is 177 Å². The summed E-state index contributed by atoms with van der Waals surface area (Å²) in [7, 11) is 1.61. The summed E-state index contributed by atoms with van der Waals surface area (Å²) in [6.07, 6.45) is 5.55. The zero-order valence-electron chi connectivity index (χ0n) is 16.7. The van der Waals surface area contributed by atoms with E-state index >= 15 is 0 Å². The minimum atomic E-state index is -1.26. The molecule has 2 N–H and O–H groups in total. The number of aromatic nitrogens is 1. The van der Waals surface area contributed by atoms with Crippen LogP contribution in [0, 0.1) is 0 Å². The molecule has 2 aliphatic heterocycles. The Bertz CT molecular complexity index is 1240. The number of aromatic carboxylic acids is 1. The van der Waals surface area contributed by atoms with E-state index in [9.17, 15) is 15.0 Å². The van der Waals surface area contributed by atoms with Gasteiger partial charge in [-0.1, -0.05) is 12.1 Å². The summed E-state index contributed by atoms with van der Waals surface area (Å²) in [4.78, 5) is 22.2. The van der Waals surface area contributed by atoms with Gasteiger partial charge in [-0.15, -0.1) is 0 Å². The molecule has 8 heteroatoms. The van der Waals surface area contributed by atoms with Gasteiger partial charge in [0.2, 0.25) is 5.88 Å². The van der Waals surface area contributed by atoms with E-state index in [2.05, 4.69) is 9.98 Å². The molecule has 0 saturated heterocycles. The lowest BCUT2D eigenvalue weighted by atomic mass is 9.98. The summed E-state index contributed by atoms with van der Waals surface area (Å²) in [5.74, 6) is -0.173. The fourth-order valence-corrected chi connectivity index (χ4v) is 4.04. The number of hydrogen-bond acceptors (Lipinski definition) is 7. The molecule has 0 amide bonds. The number of anilines is 1. The van der Waals surface area contributed by atoms with Crippen molar-refractivity contribution in [2.24, 2.45) is 4.99 Å². The first kappa shape index (κ1) is 18.9. The maximum absolute atomic E-state index is 12.0. The Kier molecular flexibility index (Phi) is 4.47. The maximum atomic E-state index is 12.0. The third-order valence-electron chi connectivity index (χ3n) is 5.55. The highest BCUT2D eigenvalue weighted by Gasteiger charge is 2.31. The van der Waals surface area contributed by atoms with Crippen molar-refractivity contribution in [3.8, 4) is 11.5 Å². The summed E-state index contributed by atoms with van der Waals surface area (Å²) >= 11 is 0. The van der Waals surface area contributed by atoms with Gasteiger partial charge >= 0.3 is 5.97 Å². The number of furan rings is 1. The topological polar surface area (TPSA) is 108 Å². The van der Waals surface area contributed by atoms with Gasteiger partial charge in [-0.2, -0.15) is 0 Å². The number of nitrogens with zero attached hydrogens (tertiary/aromatic N) is 3. The predicted molar refractivity (Wildman–Crippen MR) is 115 cm³/mol. The zero-order chi connectivity index (χ0) is 21.5. The van der Waals surface area contributed by atoms with Crippen molar-refractivity contribution in [3.05, 3.63) is 64.5 Å². The third kappa shape index (κ3) is 3.13. The molecule has 2 aliphatic rings. The monoisotopic (exact) mass is 417 g/mol. The maximum Gasteiger partial charge on any atom is 0.345 e. The number of carbonyl (C=O) groups is 1. The molecule has 156 valence electrons. The van der Waals surface area contributed by atoms with Crippen molar-refractivity contribution < 1.29 is 24.2 Å². The van der Waals surface area contributed by atoms with Gasteiger partial charge in [-0.3, -0.25) is 0 Å². The molecule has 0 fully saturated rings. The zero-order valence-corrected chi connectivity index (χ0v) is 16.7. The third-order valence-corrected chi connectivity index (χ3v) is 5.55. The molecule has 4 heterocycles. The minimum absolute atomic E-state index is 0.0661. The minimum Gasteiger partial charge on any atom is -0.504 e. The van der Waals surface area contributed by atoms with Gasteiger partial charge in [0.05, 0.1) is 7.11 Å². The Morgan fingerprint density at radius 1 is 1.29 bits per heavy atom. The lowest BCUT2D eigenvalue weighted by molar-refractivity contribution is 0.0694. The molecule has 0 bridgehead atoms. The summed E-state index contributed by atoms with van der Waals surface area (Å²) < 4.78 is 11.4. The van der Waals surface area contributed by atoms with Gasteiger partial charge in [-0.05, 0) is 36.3 Å². The molecular formula is C23H19N3O5. The Morgan fingerprint density at radius 3 is 2.97 bits per heavy atom. The standard InChI is InChI=1S/C23H19N3O5/c1-30-17-6-2-4-13-7-9-26(12-16(13)17)22-19(23(28)29)20(27)18(31-22)10-14-11-25-21-15(14)5-3-8-24-21/h2-6,8,10-11,27H,7,9,12H2,1H3,(H,28,29). The van der Waals surface area contributed by atoms with Gasteiger partial charge in [0, 0.05) is 42.2 Å². The lowest BCUT2D eigenvalue weighted by Gasteiger charge is -2.30. The van der Waals surface area contributed by atoms with Crippen LogP contribution in [0.25, 0.3) is 11.6 Å². The molecule has 0 aliphatic carbocycles. The van der Waals surface area contributed by atoms with Gasteiger partial charge in [0.15, 0.2) is 22.9 Å². The summed E-state index contributed by atoms with van der Waals surface area (Å²) in [6.45, 7) is 0.967. The molecule has 8 nitrogen and oxygen atoms in total. The van der Waals surface area contributed by atoms with E-state index in [0.29, 0.717) is 30.9 Å². The van der Waals surface area contributed by atoms with Gasteiger partial charge in [0.25, 0.3) is 0 Å². The molecule has 0 atom stereocenters. The first-order chi connectivity index (χ1) is 15.1. The van der Waals surface area contributed by atoms with Gasteiger partial charge < -0.3 is 24.3 Å². The highest BCUT2D eigenvalue weighted by molar-refractivity contribution is 6.21. The van der Waals surface area contributed by atoms with E-state index in [0.717, 1.165) is 22.4 Å². The number of fused-ring (bicyclic) bond motifs is 2. The number of rotatable bonds is 4. The Hall–Kier alpha value is -4.07. The number of benzene rings is 1. The summed E-state index contributed by atoms with van der Waals surface area (Å²) in [6, 6.07) is 9.49. The summed E-state index contributed by atoms with van der Waals surface area (Å²) in [5, 5.41) is 20.5. The molecule has 0 spiro atoms. The molecule has 5 rings (SSSR count). The Balaban J connectivity index is 1.56. The number of methoxy groups -OCH3 is 1. The van der Waals surface area contributed by atoms with E-state index in [1.807, 2.05) is 29.2 Å². The summed E-state index contributed by atoms with van der Waals surface area (Å²) in [5.41, 5.74) is 3.34. The predicted octanol–water partition coefficient (Wildman–Crippen LogP) is 3.91. The molecule has 0 unspecified atom stereocenters. The van der Waals surface area contributed by atoms with Crippen LogP contribution in [0.1, 0.15) is 32.8 Å². The number of hydrogen-bond donors (Lipinski definition) is 2. The number of allylic oxidation sites excluding steroid dienone is 1. The number of carboxylic acids is 1. The van der Waals surface area contributed by atoms with Crippen LogP contribution in [0.4, 0.5) is 11.7 Å². The molecule has 0 saturated carbocycles. The van der Waals surface area contributed by atoms with Crippen LogP contribution in [0.15, 0.2) is 45.9 Å². The van der Waals surface area contributed by atoms with E-state index in [-0.39, 0.29) is 17.2 Å². The van der Waals surface area contributed by atoms with Crippen LogP contribution in [-0.2, 0) is 13.0 Å². The van der Waals surface area contributed by atoms with Crippen LogP contribution < -0.4 is 9.64 Å². The first-order valence-corrected chi connectivity index (χ1v) is 9.76. The Morgan fingerprint density at radius 2 is 2.16 bits per heavy atom. The van der Waals surface area contributed by atoms with Crippen molar-refractivity contribution in [3.63, 3.8) is 0 Å². The van der Waals surface area contributed by atoms with E-state index in [1.54, 1.807) is 31.7 Å². The van der Waals surface area contributed by atoms with Crippen molar-refractivity contribution >= 4 is 35.5 Å².